The molecule has 0 heterocycles. The van der Waals surface area contributed by atoms with Crippen LogP contribution in [0.2, 0.25) is 236 Å². The predicted molar refractivity (Wildman–Crippen MR) is 580 cm³/mol. The first kappa shape index (κ1) is 110. The van der Waals surface area contributed by atoms with E-state index >= 15 is 0 Å². The monoisotopic (exact) mass is 1760 g/mol. The van der Waals surface area contributed by atoms with E-state index in [0.717, 1.165) is 0 Å². The molecule has 0 saturated carbocycles. The molecule has 0 saturated heterocycles. The molecule has 9 rings (SSSR count). The van der Waals surface area contributed by atoms with Crippen LogP contribution in [0.25, 0.3) is 0 Å². The molecule has 0 atom stereocenters. The van der Waals surface area contributed by atoms with Gasteiger partial charge in [-0.3, -0.25) is 0 Å². The molecule has 0 aromatic heterocycles. The molecular weight excluding hydrogens is 1590 g/mol. The summed E-state index contributed by atoms with van der Waals surface area (Å²) in [5, 5.41) is 19.5. The second-order valence-corrected chi connectivity index (χ2v) is 107. The lowest BCUT2D eigenvalue weighted by atomic mass is 10.0. The fourth-order valence-electron chi connectivity index (χ4n) is 14.5. The maximum atomic E-state index is 2.57. The summed E-state index contributed by atoms with van der Waals surface area (Å²) in [5.41, 5.74) is 19.9. The van der Waals surface area contributed by atoms with Crippen molar-refractivity contribution in [2.75, 3.05) is 0 Å². The normalized spacial score (nSPS) is 12.2. The Morgan fingerprint density at radius 3 is 0.698 bits per heavy atom. The third-order valence-corrected chi connectivity index (χ3v) is 46.9. The van der Waals surface area contributed by atoms with E-state index in [1.165, 1.54) is 66.8 Å². The molecule has 0 bridgehead atoms. The zero-order valence-electron chi connectivity index (χ0n) is 85.2. The Balaban J connectivity index is 0.000000658. The Kier molecular flexibility index (Phi) is 41.6. The Bertz CT molecular complexity index is 4350. The summed E-state index contributed by atoms with van der Waals surface area (Å²) in [6.45, 7) is 118. The van der Waals surface area contributed by atoms with E-state index in [9.17, 15) is 0 Å². The molecule has 0 aliphatic heterocycles. The van der Waals surface area contributed by atoms with Gasteiger partial charge in [-0.25, -0.2) is 0 Å². The van der Waals surface area contributed by atoms with Crippen LogP contribution in [0.4, 0.5) is 0 Å². The van der Waals surface area contributed by atoms with Crippen molar-refractivity contribution >= 4 is 159 Å². The van der Waals surface area contributed by atoms with Crippen LogP contribution in [-0.2, 0) is 0 Å². The highest BCUT2D eigenvalue weighted by atomic mass is 28.3. The molecule has 0 radical (unpaired) electrons. The summed E-state index contributed by atoms with van der Waals surface area (Å²) in [5.74, 6) is 0. The van der Waals surface area contributed by atoms with Crippen LogP contribution in [0.15, 0.2) is 170 Å². The first-order chi connectivity index (χ1) is 51.9. The fourth-order valence-corrected chi connectivity index (χ4v) is 33.7. The van der Waals surface area contributed by atoms with Crippen molar-refractivity contribution < 1.29 is 0 Å². The molecule has 9 aromatic rings. The van der Waals surface area contributed by atoms with Gasteiger partial charge in [0.15, 0.2) is 0 Å². The summed E-state index contributed by atoms with van der Waals surface area (Å²) in [6, 6.07) is 64.0. The zero-order valence-corrected chi connectivity index (χ0v) is 97.2. The molecule has 0 amide bonds. The smallest absolute Gasteiger partial charge is 0.0656 e. The topological polar surface area (TPSA) is 0 Å². The molecule has 642 valence electrons. The number of benzene rings is 9. The van der Waals surface area contributed by atoms with Crippen molar-refractivity contribution in [1.29, 1.82) is 0 Å². The summed E-state index contributed by atoms with van der Waals surface area (Å²) in [4.78, 5) is 0. The molecule has 0 N–H and O–H groups in total. The molecule has 0 spiro atoms. The van der Waals surface area contributed by atoms with Gasteiger partial charge in [-0.1, -0.05) is 529 Å². The minimum Gasteiger partial charge on any atom is -0.0656 e. The van der Waals surface area contributed by atoms with E-state index in [2.05, 4.69) is 502 Å². The Morgan fingerprint density at radius 2 is 0.388 bits per heavy atom. The van der Waals surface area contributed by atoms with Gasteiger partial charge in [-0.2, -0.15) is 0 Å². The highest BCUT2D eigenvalue weighted by Gasteiger charge is 2.31. The van der Waals surface area contributed by atoms with Gasteiger partial charge in [0.2, 0.25) is 0 Å². The number of aryl methyl sites for hydroxylation is 11. The molecule has 12 heteroatoms. The van der Waals surface area contributed by atoms with Crippen molar-refractivity contribution in [1.82, 2.24) is 0 Å². The third-order valence-electron chi connectivity index (χ3n) is 21.8. The van der Waals surface area contributed by atoms with Crippen molar-refractivity contribution in [2.45, 2.75) is 333 Å². The fraction of sp³-hybridized carbons (Fsp3) is 0.481. The Hall–Kier alpha value is -4.42. The van der Waals surface area contributed by atoms with Crippen molar-refractivity contribution in [3.05, 3.63) is 248 Å². The molecular formula is C104H178Si12. The Morgan fingerprint density at radius 1 is 0.129 bits per heavy atom. The quantitative estimate of drug-likeness (QED) is 0.107. The van der Waals surface area contributed by atoms with Gasteiger partial charge in [-0.05, 0) is 114 Å². The summed E-state index contributed by atoms with van der Waals surface area (Å²) >= 11 is 0. The van der Waals surface area contributed by atoms with Crippen molar-refractivity contribution in [2.24, 2.45) is 0 Å². The lowest BCUT2D eigenvalue weighted by Crippen LogP contribution is -2.53. The van der Waals surface area contributed by atoms with E-state index in [-0.39, 0.29) is 0 Å². The summed E-state index contributed by atoms with van der Waals surface area (Å²) in [7, 11) is -13.9. The van der Waals surface area contributed by atoms with Crippen LogP contribution in [0.3, 0.4) is 0 Å². The highest BCUT2D eigenvalue weighted by Crippen LogP contribution is 2.18. The number of hydrogen-bond donors (Lipinski definition) is 0. The van der Waals surface area contributed by atoms with Gasteiger partial charge in [0.1, 0.15) is 0 Å². The van der Waals surface area contributed by atoms with Crippen LogP contribution in [0.5, 0.6) is 0 Å². The molecule has 0 fully saturated rings. The lowest BCUT2D eigenvalue weighted by molar-refractivity contribution is 1.23. The molecule has 9 aromatic carbocycles. The van der Waals surface area contributed by atoms with E-state index < -0.39 is 96.9 Å². The van der Waals surface area contributed by atoms with Gasteiger partial charge in [0, 0.05) is 0 Å². The standard InChI is InChI=1S/C16H32Si3.3C13H24Si2.3C10H16Si.C10H14.C9H12/c1-13-15(18(5,6)7)11-14(17(2,3)4)12-16(13)19(8,9)10;1-11-8-12(14(2,3)4)10-13(9-11)15(5,6)7;1-11-8-9-12(14(2,3)4)10-13(11)15(5,6)7;1-11-12(14(2,3)4)9-8-10-13(11)15(5,6)7;1-9-5-7-10(8-6-9)11(2,3)4;1-9-6-5-7-10(8-9)11(2,3)4;1-9-7-5-6-8-10(9)11(2,3)4;1-7-5-8(2)10(4)9(3)6-7;1-7-4-8(2)6-9(3)5-7/h11-12H,1-10H3;3*8-10H,1-7H3;3*5-8H,1-4H3;5-6H,1-4H3;4-6H,1-3H3. The average Bonchev–Trinajstić information content (AvgIpc) is 0.761. The van der Waals surface area contributed by atoms with E-state index in [1.807, 2.05) is 0 Å². The van der Waals surface area contributed by atoms with Gasteiger partial charge >= 0.3 is 0 Å². The minimum atomic E-state index is -1.25. The van der Waals surface area contributed by atoms with Crippen molar-refractivity contribution in [3.63, 3.8) is 0 Å². The van der Waals surface area contributed by atoms with Gasteiger partial charge < -0.3 is 0 Å². The third kappa shape index (κ3) is 39.2. The lowest BCUT2D eigenvalue weighted by Gasteiger charge is -2.30. The predicted octanol–water partition coefficient (Wildman–Crippen LogP) is 26.0. The second kappa shape index (κ2) is 44.1. The number of rotatable bonds is 12. The van der Waals surface area contributed by atoms with E-state index in [4.69, 9.17) is 0 Å². The molecule has 0 aliphatic rings. The molecule has 116 heavy (non-hydrogen) atoms. The summed E-state index contributed by atoms with van der Waals surface area (Å²) < 4.78 is 0. The van der Waals surface area contributed by atoms with Crippen LogP contribution in [0, 0.1) is 96.9 Å². The highest BCUT2D eigenvalue weighted by molar-refractivity contribution is 6.96. The summed E-state index contributed by atoms with van der Waals surface area (Å²) in [6.07, 6.45) is 0. The van der Waals surface area contributed by atoms with E-state index in [0.29, 0.717) is 0 Å². The second-order valence-electron chi connectivity index (χ2n) is 46.5. The van der Waals surface area contributed by atoms with Crippen molar-refractivity contribution in [3.8, 4) is 0 Å². The molecule has 0 aliphatic carbocycles. The first-order valence-electron chi connectivity index (χ1n) is 43.7. The largest absolute Gasteiger partial charge is 0.0779 e. The SMILES string of the molecule is Cc1c([Si](C)(C)C)cc([Si](C)(C)C)cc1[Si](C)(C)C.Cc1c([Si](C)(C)C)cccc1[Si](C)(C)C.Cc1cc(C)c(C)c(C)c1.Cc1cc(C)cc(C)c1.Cc1cc([Si](C)(C)C)cc([Si](C)(C)C)c1.Cc1ccc([Si](C)(C)C)cc1.Cc1ccc([Si](C)(C)C)cc1[Si](C)(C)C.Cc1cccc([Si](C)(C)C)c1.Cc1ccccc1[Si](C)(C)C. The van der Waals surface area contributed by atoms with Crippen LogP contribution >= 0.6 is 0 Å². The van der Waals surface area contributed by atoms with E-state index in [1.54, 1.807) is 73.4 Å². The zero-order chi connectivity index (χ0) is 90.8. The van der Waals surface area contributed by atoms with Crippen LogP contribution < -0.4 is 62.2 Å². The molecule has 0 unspecified atom stereocenters. The van der Waals surface area contributed by atoms with Crippen LogP contribution in [0.1, 0.15) is 77.9 Å². The average molecular weight is 1770 g/mol. The van der Waals surface area contributed by atoms with Gasteiger partial charge in [0.05, 0.1) is 96.9 Å². The van der Waals surface area contributed by atoms with Gasteiger partial charge in [0.25, 0.3) is 0 Å². The van der Waals surface area contributed by atoms with Gasteiger partial charge in [-0.15, -0.1) is 0 Å². The number of hydrogen-bond acceptors (Lipinski definition) is 0. The minimum absolute atomic E-state index is 1.06. The molecule has 0 nitrogen and oxygen atoms in total. The maximum absolute atomic E-state index is 2.57. The first-order valence-corrected chi connectivity index (χ1v) is 85.7. The maximum Gasteiger partial charge on any atom is 0.0779 e. The Labute approximate surface area is 733 Å². The van der Waals surface area contributed by atoms with Crippen LogP contribution in [-0.4, -0.2) is 96.9 Å².